The maximum Gasteiger partial charge on any atom is 0.251 e. The number of amides is 1. The number of phenols is 1. The van der Waals surface area contributed by atoms with Crippen LogP contribution in [0.25, 0.3) is 0 Å². The Balaban J connectivity index is 1.99. The topological polar surface area (TPSA) is 67.8 Å². The molecule has 0 aliphatic carbocycles. The number of aromatic hydroxyl groups is 1. The normalized spacial score (nSPS) is 10.1. The standard InChI is InChI=1S/C17H19NO4/c1-21-14-9-13(10-15(11-14)22-2)17(20)18-8-7-12-5-3-4-6-16(12)19/h3-6,9-11,19H,7-8H2,1-2H3,(H,18,20). The van der Waals surface area contributed by atoms with E-state index < -0.39 is 0 Å². The molecule has 0 saturated carbocycles. The third-order valence-corrected chi connectivity index (χ3v) is 3.29. The summed E-state index contributed by atoms with van der Waals surface area (Å²) in [6.07, 6.45) is 0.555. The van der Waals surface area contributed by atoms with Crippen molar-refractivity contribution in [1.29, 1.82) is 0 Å². The lowest BCUT2D eigenvalue weighted by atomic mass is 10.1. The second-order valence-corrected chi connectivity index (χ2v) is 4.74. The molecule has 0 aliphatic heterocycles. The highest BCUT2D eigenvalue weighted by Crippen LogP contribution is 2.22. The number of carbonyl (C=O) groups excluding carboxylic acids is 1. The summed E-state index contributed by atoms with van der Waals surface area (Å²) >= 11 is 0. The first-order chi connectivity index (χ1) is 10.6. The zero-order valence-electron chi connectivity index (χ0n) is 12.6. The van der Waals surface area contributed by atoms with Crippen LogP contribution in [-0.2, 0) is 6.42 Å². The third-order valence-electron chi connectivity index (χ3n) is 3.29. The highest BCUT2D eigenvalue weighted by atomic mass is 16.5. The Morgan fingerprint density at radius 3 is 2.32 bits per heavy atom. The van der Waals surface area contributed by atoms with Crippen LogP contribution in [0.3, 0.4) is 0 Å². The number of hydrogen-bond acceptors (Lipinski definition) is 4. The first-order valence-electron chi connectivity index (χ1n) is 6.92. The molecular weight excluding hydrogens is 282 g/mol. The Morgan fingerprint density at radius 2 is 1.73 bits per heavy atom. The molecule has 0 radical (unpaired) electrons. The number of nitrogens with one attached hydrogen (secondary N) is 1. The Bertz CT molecular complexity index is 633. The Labute approximate surface area is 129 Å². The van der Waals surface area contributed by atoms with Gasteiger partial charge in [-0.15, -0.1) is 0 Å². The van der Waals surface area contributed by atoms with Crippen LogP contribution in [-0.4, -0.2) is 31.8 Å². The van der Waals surface area contributed by atoms with E-state index >= 15 is 0 Å². The first-order valence-corrected chi connectivity index (χ1v) is 6.92. The highest BCUT2D eigenvalue weighted by Gasteiger charge is 2.10. The largest absolute Gasteiger partial charge is 0.508 e. The van der Waals surface area contributed by atoms with Crippen molar-refractivity contribution >= 4 is 5.91 Å². The molecule has 0 fully saturated rings. The molecule has 0 bridgehead atoms. The molecule has 1 amide bonds. The minimum atomic E-state index is -0.215. The van der Waals surface area contributed by atoms with Crippen LogP contribution in [0.5, 0.6) is 17.2 Å². The Morgan fingerprint density at radius 1 is 1.09 bits per heavy atom. The number of carbonyl (C=O) groups is 1. The van der Waals surface area contributed by atoms with Gasteiger partial charge in [-0.3, -0.25) is 4.79 Å². The van der Waals surface area contributed by atoms with E-state index in [1.54, 1.807) is 30.3 Å². The molecule has 116 valence electrons. The lowest BCUT2D eigenvalue weighted by Gasteiger charge is -2.09. The lowest BCUT2D eigenvalue weighted by molar-refractivity contribution is 0.0953. The molecule has 0 unspecified atom stereocenters. The van der Waals surface area contributed by atoms with Crippen molar-refractivity contribution in [3.05, 3.63) is 53.6 Å². The summed E-state index contributed by atoms with van der Waals surface area (Å²) in [5, 5.41) is 12.5. The van der Waals surface area contributed by atoms with Gasteiger partial charge < -0.3 is 19.9 Å². The van der Waals surface area contributed by atoms with Crippen molar-refractivity contribution in [2.45, 2.75) is 6.42 Å². The maximum absolute atomic E-state index is 12.2. The number of methoxy groups -OCH3 is 2. The van der Waals surface area contributed by atoms with Crippen molar-refractivity contribution < 1.29 is 19.4 Å². The molecule has 22 heavy (non-hydrogen) atoms. The summed E-state index contributed by atoms with van der Waals surface area (Å²) in [6.45, 7) is 0.427. The number of rotatable bonds is 6. The second kappa shape index (κ2) is 7.36. The SMILES string of the molecule is COc1cc(OC)cc(C(=O)NCCc2ccccc2O)c1. The van der Waals surface area contributed by atoms with E-state index in [0.29, 0.717) is 30.0 Å². The molecule has 0 saturated heterocycles. The van der Waals surface area contributed by atoms with Gasteiger partial charge in [0.15, 0.2) is 0 Å². The van der Waals surface area contributed by atoms with Crippen LogP contribution >= 0.6 is 0 Å². The van der Waals surface area contributed by atoms with Gasteiger partial charge in [-0.25, -0.2) is 0 Å². The van der Waals surface area contributed by atoms with Gasteiger partial charge in [0.2, 0.25) is 0 Å². The van der Waals surface area contributed by atoms with Crippen LogP contribution in [0, 0.1) is 0 Å². The van der Waals surface area contributed by atoms with Gasteiger partial charge >= 0.3 is 0 Å². The van der Waals surface area contributed by atoms with E-state index in [1.165, 1.54) is 14.2 Å². The number of phenolic OH excluding ortho intramolecular Hbond substituents is 1. The summed E-state index contributed by atoms with van der Waals surface area (Å²) in [6, 6.07) is 12.1. The second-order valence-electron chi connectivity index (χ2n) is 4.74. The van der Waals surface area contributed by atoms with E-state index in [0.717, 1.165) is 5.56 Å². The summed E-state index contributed by atoms with van der Waals surface area (Å²) in [5.41, 5.74) is 1.26. The van der Waals surface area contributed by atoms with Crippen LogP contribution in [0.15, 0.2) is 42.5 Å². The van der Waals surface area contributed by atoms with E-state index in [2.05, 4.69) is 5.32 Å². The van der Waals surface area contributed by atoms with Crippen molar-refractivity contribution in [1.82, 2.24) is 5.32 Å². The molecule has 0 aromatic heterocycles. The quantitative estimate of drug-likeness (QED) is 0.859. The predicted octanol–water partition coefficient (Wildman–Crippen LogP) is 2.38. The van der Waals surface area contributed by atoms with Gasteiger partial charge in [0, 0.05) is 18.2 Å². The predicted molar refractivity (Wildman–Crippen MR) is 83.7 cm³/mol. The monoisotopic (exact) mass is 301 g/mol. The van der Waals surface area contributed by atoms with Crippen LogP contribution < -0.4 is 14.8 Å². The summed E-state index contributed by atoms with van der Waals surface area (Å²) in [4.78, 5) is 12.2. The van der Waals surface area contributed by atoms with Crippen LogP contribution in [0.4, 0.5) is 0 Å². The first kappa shape index (κ1) is 15.7. The van der Waals surface area contributed by atoms with Crippen LogP contribution in [0.2, 0.25) is 0 Å². The minimum absolute atomic E-state index is 0.215. The fourth-order valence-corrected chi connectivity index (χ4v) is 2.07. The van der Waals surface area contributed by atoms with Crippen molar-refractivity contribution in [3.8, 4) is 17.2 Å². The molecule has 5 nitrogen and oxygen atoms in total. The molecule has 0 heterocycles. The number of para-hydroxylation sites is 1. The zero-order valence-corrected chi connectivity index (χ0v) is 12.6. The molecule has 0 atom stereocenters. The van der Waals surface area contributed by atoms with Crippen molar-refractivity contribution in [3.63, 3.8) is 0 Å². The van der Waals surface area contributed by atoms with Gasteiger partial charge in [0.05, 0.1) is 14.2 Å². The maximum atomic E-state index is 12.2. The van der Waals surface area contributed by atoms with Gasteiger partial charge in [-0.1, -0.05) is 18.2 Å². The van der Waals surface area contributed by atoms with E-state index in [4.69, 9.17) is 9.47 Å². The average molecular weight is 301 g/mol. The van der Waals surface area contributed by atoms with Crippen molar-refractivity contribution in [2.24, 2.45) is 0 Å². The van der Waals surface area contributed by atoms with E-state index in [9.17, 15) is 9.90 Å². The molecule has 2 aromatic carbocycles. The summed E-state index contributed by atoms with van der Waals surface area (Å²) in [5.74, 6) is 1.14. The van der Waals surface area contributed by atoms with E-state index in [-0.39, 0.29) is 11.7 Å². The molecular formula is C17H19NO4. The molecule has 2 N–H and O–H groups in total. The minimum Gasteiger partial charge on any atom is -0.508 e. The molecule has 0 spiro atoms. The highest BCUT2D eigenvalue weighted by molar-refractivity contribution is 5.95. The lowest BCUT2D eigenvalue weighted by Crippen LogP contribution is -2.25. The van der Waals surface area contributed by atoms with Crippen LogP contribution in [0.1, 0.15) is 15.9 Å². The van der Waals surface area contributed by atoms with Gasteiger partial charge in [0.25, 0.3) is 5.91 Å². The fourth-order valence-electron chi connectivity index (χ4n) is 2.07. The average Bonchev–Trinajstić information content (AvgIpc) is 2.55. The van der Waals surface area contributed by atoms with E-state index in [1.807, 2.05) is 12.1 Å². The molecule has 2 aromatic rings. The third kappa shape index (κ3) is 3.91. The zero-order chi connectivity index (χ0) is 15.9. The van der Waals surface area contributed by atoms with Crippen molar-refractivity contribution in [2.75, 3.05) is 20.8 Å². The van der Waals surface area contributed by atoms with Gasteiger partial charge in [0.1, 0.15) is 17.2 Å². The summed E-state index contributed by atoms with van der Waals surface area (Å²) in [7, 11) is 3.07. The van der Waals surface area contributed by atoms with Gasteiger partial charge in [-0.2, -0.15) is 0 Å². The molecule has 2 rings (SSSR count). The number of hydrogen-bond donors (Lipinski definition) is 2. The molecule has 5 heteroatoms. The smallest absolute Gasteiger partial charge is 0.251 e. The Kier molecular flexibility index (Phi) is 5.25. The Hall–Kier alpha value is -2.69. The number of benzene rings is 2. The summed E-state index contributed by atoms with van der Waals surface area (Å²) < 4.78 is 10.3. The molecule has 0 aliphatic rings. The van der Waals surface area contributed by atoms with Gasteiger partial charge in [-0.05, 0) is 30.2 Å². The fraction of sp³-hybridized carbons (Fsp3) is 0.235. The number of ether oxygens (including phenoxy) is 2.